The standard InChI is InChI=1S/C20H24N2O2/c1-16-2-4-17(5-3-16)14-21-20(23)19-8-6-18(7-9-19)15-22-10-12-24-13-11-22/h2-9H,10-15H2,1H3,(H,21,23)/p+1. The van der Waals surface area contributed by atoms with Gasteiger partial charge in [-0.25, -0.2) is 0 Å². The molecule has 0 radical (unpaired) electrons. The van der Waals surface area contributed by atoms with Crippen LogP contribution in [0.15, 0.2) is 48.5 Å². The van der Waals surface area contributed by atoms with Gasteiger partial charge >= 0.3 is 0 Å². The molecule has 4 heteroatoms. The topological polar surface area (TPSA) is 42.8 Å². The summed E-state index contributed by atoms with van der Waals surface area (Å²) in [4.78, 5) is 13.8. The molecule has 0 atom stereocenters. The van der Waals surface area contributed by atoms with Crippen LogP contribution in [0.1, 0.15) is 27.0 Å². The Balaban J connectivity index is 1.52. The van der Waals surface area contributed by atoms with Gasteiger partial charge in [-0.2, -0.15) is 0 Å². The van der Waals surface area contributed by atoms with Crippen molar-refractivity contribution in [3.8, 4) is 0 Å². The third kappa shape index (κ3) is 4.66. The molecule has 1 amide bonds. The summed E-state index contributed by atoms with van der Waals surface area (Å²) < 4.78 is 5.38. The van der Waals surface area contributed by atoms with Gasteiger partial charge in [0.2, 0.25) is 0 Å². The Labute approximate surface area is 143 Å². The first-order valence-corrected chi connectivity index (χ1v) is 8.55. The maximum absolute atomic E-state index is 12.3. The molecule has 2 aromatic carbocycles. The Morgan fingerprint density at radius 2 is 1.62 bits per heavy atom. The van der Waals surface area contributed by atoms with Gasteiger partial charge in [0.15, 0.2) is 0 Å². The summed E-state index contributed by atoms with van der Waals surface area (Å²) in [5.74, 6) is -0.0270. The lowest BCUT2D eigenvalue weighted by Crippen LogP contribution is -3.12. The zero-order valence-corrected chi connectivity index (χ0v) is 14.2. The fourth-order valence-corrected chi connectivity index (χ4v) is 2.89. The molecule has 0 aliphatic carbocycles. The molecule has 1 aliphatic rings. The van der Waals surface area contributed by atoms with E-state index in [0.29, 0.717) is 12.1 Å². The number of benzene rings is 2. The molecule has 0 bridgehead atoms. The minimum Gasteiger partial charge on any atom is -0.370 e. The number of carbonyl (C=O) groups is 1. The lowest BCUT2D eigenvalue weighted by molar-refractivity contribution is -0.921. The fraction of sp³-hybridized carbons (Fsp3) is 0.350. The molecule has 0 aromatic heterocycles. The summed E-state index contributed by atoms with van der Waals surface area (Å²) in [5.41, 5.74) is 4.31. The SMILES string of the molecule is Cc1ccc(CNC(=O)c2ccc(C[NH+]3CCOCC3)cc2)cc1. The van der Waals surface area contributed by atoms with Crippen molar-refractivity contribution in [3.05, 3.63) is 70.8 Å². The Morgan fingerprint density at radius 3 is 2.29 bits per heavy atom. The van der Waals surface area contributed by atoms with E-state index in [9.17, 15) is 4.79 Å². The summed E-state index contributed by atoms with van der Waals surface area (Å²) in [6, 6.07) is 16.2. The van der Waals surface area contributed by atoms with E-state index in [4.69, 9.17) is 4.74 Å². The molecule has 24 heavy (non-hydrogen) atoms. The van der Waals surface area contributed by atoms with Crippen LogP contribution in [0.3, 0.4) is 0 Å². The number of carbonyl (C=O) groups excluding carboxylic acids is 1. The van der Waals surface area contributed by atoms with Crippen molar-refractivity contribution in [1.29, 1.82) is 0 Å². The molecule has 126 valence electrons. The molecule has 3 rings (SSSR count). The van der Waals surface area contributed by atoms with E-state index >= 15 is 0 Å². The van der Waals surface area contributed by atoms with Gasteiger partial charge in [-0.3, -0.25) is 4.79 Å². The zero-order valence-electron chi connectivity index (χ0n) is 14.2. The molecule has 1 heterocycles. The number of ether oxygens (including phenoxy) is 1. The lowest BCUT2D eigenvalue weighted by atomic mass is 10.1. The van der Waals surface area contributed by atoms with E-state index < -0.39 is 0 Å². The molecule has 1 saturated heterocycles. The molecule has 2 aromatic rings. The van der Waals surface area contributed by atoms with E-state index in [2.05, 4.69) is 36.5 Å². The van der Waals surface area contributed by atoms with Crippen LogP contribution in [0.2, 0.25) is 0 Å². The van der Waals surface area contributed by atoms with Crippen molar-refractivity contribution in [2.24, 2.45) is 0 Å². The highest BCUT2D eigenvalue weighted by molar-refractivity contribution is 5.94. The number of hydrogen-bond acceptors (Lipinski definition) is 2. The minimum absolute atomic E-state index is 0.0270. The van der Waals surface area contributed by atoms with Gasteiger partial charge in [-0.05, 0) is 24.6 Å². The van der Waals surface area contributed by atoms with Crippen molar-refractivity contribution in [3.63, 3.8) is 0 Å². The molecule has 2 N–H and O–H groups in total. The molecule has 0 saturated carbocycles. The number of nitrogens with one attached hydrogen (secondary N) is 2. The first-order valence-electron chi connectivity index (χ1n) is 8.55. The Kier molecular flexibility index (Phi) is 5.62. The largest absolute Gasteiger partial charge is 0.370 e. The minimum atomic E-state index is -0.0270. The summed E-state index contributed by atoms with van der Waals surface area (Å²) in [6.45, 7) is 7.40. The van der Waals surface area contributed by atoms with Crippen LogP contribution in [0.4, 0.5) is 0 Å². The average Bonchev–Trinajstić information content (AvgIpc) is 2.62. The van der Waals surface area contributed by atoms with Crippen LogP contribution in [0.5, 0.6) is 0 Å². The molecular formula is C20H25N2O2+. The van der Waals surface area contributed by atoms with Crippen molar-refractivity contribution < 1.29 is 14.4 Å². The Bertz CT molecular complexity index is 659. The third-order valence-corrected chi connectivity index (χ3v) is 4.44. The predicted molar refractivity (Wildman–Crippen MR) is 94.0 cm³/mol. The smallest absolute Gasteiger partial charge is 0.251 e. The second kappa shape index (κ2) is 8.08. The van der Waals surface area contributed by atoms with E-state index in [1.165, 1.54) is 16.0 Å². The predicted octanol–water partition coefficient (Wildman–Crippen LogP) is 1.34. The van der Waals surface area contributed by atoms with E-state index in [1.54, 1.807) is 0 Å². The fourth-order valence-electron chi connectivity index (χ4n) is 2.89. The van der Waals surface area contributed by atoms with Crippen molar-refractivity contribution in [2.75, 3.05) is 26.3 Å². The quantitative estimate of drug-likeness (QED) is 0.871. The van der Waals surface area contributed by atoms with Gasteiger partial charge in [0.25, 0.3) is 5.91 Å². The Hall–Kier alpha value is -2.17. The van der Waals surface area contributed by atoms with Crippen LogP contribution in [-0.4, -0.2) is 32.2 Å². The van der Waals surface area contributed by atoms with E-state index in [0.717, 1.165) is 38.4 Å². The van der Waals surface area contributed by atoms with Crippen LogP contribution in [0, 0.1) is 6.92 Å². The monoisotopic (exact) mass is 325 g/mol. The summed E-state index contributed by atoms with van der Waals surface area (Å²) >= 11 is 0. The highest BCUT2D eigenvalue weighted by Crippen LogP contribution is 2.06. The summed E-state index contributed by atoms with van der Waals surface area (Å²) in [7, 11) is 0. The number of hydrogen-bond donors (Lipinski definition) is 2. The average molecular weight is 325 g/mol. The number of quaternary nitrogens is 1. The normalized spacial score (nSPS) is 15.2. The van der Waals surface area contributed by atoms with Gasteiger partial charge < -0.3 is 15.0 Å². The number of amides is 1. The molecule has 1 fully saturated rings. The van der Waals surface area contributed by atoms with Crippen molar-refractivity contribution in [1.82, 2.24) is 5.32 Å². The van der Waals surface area contributed by atoms with Gasteiger partial charge in [0, 0.05) is 17.7 Å². The van der Waals surface area contributed by atoms with Crippen LogP contribution in [0.25, 0.3) is 0 Å². The zero-order chi connectivity index (χ0) is 16.8. The van der Waals surface area contributed by atoms with Crippen molar-refractivity contribution >= 4 is 5.91 Å². The first kappa shape index (κ1) is 16.7. The van der Waals surface area contributed by atoms with Gasteiger partial charge in [-0.15, -0.1) is 0 Å². The second-order valence-corrected chi connectivity index (χ2v) is 6.40. The summed E-state index contributed by atoms with van der Waals surface area (Å²) in [6.07, 6.45) is 0. The highest BCUT2D eigenvalue weighted by atomic mass is 16.5. The maximum Gasteiger partial charge on any atom is 0.251 e. The Morgan fingerprint density at radius 1 is 1.00 bits per heavy atom. The molecule has 4 nitrogen and oxygen atoms in total. The lowest BCUT2D eigenvalue weighted by Gasteiger charge is -2.23. The van der Waals surface area contributed by atoms with Crippen molar-refractivity contribution in [2.45, 2.75) is 20.0 Å². The molecular weight excluding hydrogens is 300 g/mol. The number of rotatable bonds is 5. The van der Waals surface area contributed by atoms with Crippen LogP contribution < -0.4 is 10.2 Å². The van der Waals surface area contributed by atoms with Crippen LogP contribution >= 0.6 is 0 Å². The van der Waals surface area contributed by atoms with Gasteiger partial charge in [-0.1, -0.05) is 42.0 Å². The van der Waals surface area contributed by atoms with E-state index in [1.807, 2.05) is 24.3 Å². The van der Waals surface area contributed by atoms with Gasteiger partial charge in [0.1, 0.15) is 19.6 Å². The van der Waals surface area contributed by atoms with E-state index in [-0.39, 0.29) is 5.91 Å². The molecule has 0 unspecified atom stereocenters. The second-order valence-electron chi connectivity index (χ2n) is 6.40. The number of morpholine rings is 1. The highest BCUT2D eigenvalue weighted by Gasteiger charge is 2.14. The van der Waals surface area contributed by atoms with Crippen LogP contribution in [-0.2, 0) is 17.8 Å². The first-order chi connectivity index (χ1) is 11.7. The maximum atomic E-state index is 12.3. The third-order valence-electron chi connectivity index (χ3n) is 4.44. The van der Waals surface area contributed by atoms with Gasteiger partial charge in [0.05, 0.1) is 13.2 Å². The molecule has 1 aliphatic heterocycles. The summed E-state index contributed by atoms with van der Waals surface area (Å²) in [5, 5.41) is 2.97. The number of aryl methyl sites for hydroxylation is 1. The molecule has 0 spiro atoms.